The number of aromatic nitrogens is 1. The fourth-order valence-corrected chi connectivity index (χ4v) is 1.29. The van der Waals surface area contributed by atoms with Gasteiger partial charge in [-0.3, -0.25) is 4.98 Å². The van der Waals surface area contributed by atoms with Crippen molar-refractivity contribution in [2.45, 2.75) is 33.4 Å². The summed E-state index contributed by atoms with van der Waals surface area (Å²) in [7, 11) is 0. The predicted octanol–water partition coefficient (Wildman–Crippen LogP) is 3.69. The molecule has 0 radical (unpaired) electrons. The van der Waals surface area contributed by atoms with Gasteiger partial charge in [-0.25, -0.2) is 0 Å². The van der Waals surface area contributed by atoms with E-state index in [4.69, 9.17) is 0 Å². The van der Waals surface area contributed by atoms with Crippen LogP contribution in [0.5, 0.6) is 0 Å². The van der Waals surface area contributed by atoms with Crippen LogP contribution in [0, 0.1) is 5.41 Å². The Morgan fingerprint density at radius 3 is 2.27 bits per heavy atom. The van der Waals surface area contributed by atoms with Crippen molar-refractivity contribution >= 4 is 0 Å². The van der Waals surface area contributed by atoms with E-state index in [1.54, 1.807) is 0 Å². The third kappa shape index (κ3) is 3.90. The molecule has 0 aliphatic carbocycles. The van der Waals surface area contributed by atoms with Crippen LogP contribution in [0.25, 0.3) is 0 Å². The van der Waals surface area contributed by atoms with E-state index in [0.717, 1.165) is 12.1 Å². The third-order valence-corrected chi connectivity index (χ3v) is 1.86. The zero-order chi connectivity index (χ0) is 11.7. The first-order chi connectivity index (χ1) is 6.68. The van der Waals surface area contributed by atoms with Gasteiger partial charge in [-0.2, -0.15) is 13.2 Å². The molecule has 0 aromatic carbocycles. The minimum Gasteiger partial charge on any atom is -0.261 e. The smallest absolute Gasteiger partial charge is 0.261 e. The normalized spacial score (nSPS) is 12.9. The van der Waals surface area contributed by atoms with Crippen molar-refractivity contribution in [2.24, 2.45) is 5.41 Å². The number of hydrogen-bond acceptors (Lipinski definition) is 1. The molecule has 0 aliphatic rings. The van der Waals surface area contributed by atoms with E-state index in [-0.39, 0.29) is 5.41 Å². The fraction of sp³-hybridized carbons (Fsp3) is 0.545. The standard InChI is InChI=1S/C11H14F3N/c1-10(2,3)7-9-6-8(4-5-15-9)11(12,13)14/h4-6H,7H2,1-3H3. The van der Waals surface area contributed by atoms with Gasteiger partial charge in [0.05, 0.1) is 5.56 Å². The van der Waals surface area contributed by atoms with Crippen LogP contribution in [0.1, 0.15) is 32.0 Å². The van der Waals surface area contributed by atoms with Gasteiger partial charge in [-0.05, 0) is 24.0 Å². The van der Waals surface area contributed by atoms with E-state index in [2.05, 4.69) is 4.98 Å². The molecule has 1 aromatic heterocycles. The van der Waals surface area contributed by atoms with Gasteiger partial charge in [0.25, 0.3) is 0 Å². The average molecular weight is 217 g/mol. The molecule has 0 bridgehead atoms. The number of halogens is 3. The van der Waals surface area contributed by atoms with Crippen LogP contribution < -0.4 is 0 Å². The summed E-state index contributed by atoms with van der Waals surface area (Å²) in [4.78, 5) is 3.94. The van der Waals surface area contributed by atoms with E-state index in [9.17, 15) is 13.2 Å². The fourth-order valence-electron chi connectivity index (χ4n) is 1.29. The van der Waals surface area contributed by atoms with Crippen LogP contribution in [-0.4, -0.2) is 4.98 Å². The Labute approximate surface area is 87.3 Å². The summed E-state index contributed by atoms with van der Waals surface area (Å²) in [5.74, 6) is 0. The molecule has 1 heterocycles. The molecule has 0 unspecified atom stereocenters. The molecule has 0 amide bonds. The van der Waals surface area contributed by atoms with Gasteiger partial charge in [0, 0.05) is 11.9 Å². The predicted molar refractivity (Wildman–Crippen MR) is 52.4 cm³/mol. The Balaban J connectivity index is 2.94. The van der Waals surface area contributed by atoms with Gasteiger partial charge < -0.3 is 0 Å². The number of hydrogen-bond donors (Lipinski definition) is 0. The first kappa shape index (κ1) is 12.0. The molecule has 0 saturated carbocycles. The SMILES string of the molecule is CC(C)(C)Cc1cc(C(F)(F)F)ccn1. The second-order valence-corrected chi connectivity index (χ2v) is 4.77. The van der Waals surface area contributed by atoms with E-state index in [1.165, 1.54) is 6.20 Å². The van der Waals surface area contributed by atoms with Crippen LogP contribution in [0.2, 0.25) is 0 Å². The topological polar surface area (TPSA) is 12.9 Å². The number of nitrogens with zero attached hydrogens (tertiary/aromatic N) is 1. The molecular weight excluding hydrogens is 203 g/mol. The van der Waals surface area contributed by atoms with Gasteiger partial charge in [-0.1, -0.05) is 20.8 Å². The summed E-state index contributed by atoms with van der Waals surface area (Å²) in [5, 5.41) is 0. The van der Waals surface area contributed by atoms with Crippen molar-refractivity contribution in [3.05, 3.63) is 29.6 Å². The number of alkyl halides is 3. The van der Waals surface area contributed by atoms with E-state index in [1.807, 2.05) is 20.8 Å². The molecule has 1 rings (SSSR count). The molecular formula is C11H14F3N. The molecule has 15 heavy (non-hydrogen) atoms. The highest BCUT2D eigenvalue weighted by molar-refractivity contribution is 5.19. The Morgan fingerprint density at radius 1 is 1.20 bits per heavy atom. The molecule has 0 fully saturated rings. The number of pyridine rings is 1. The molecule has 0 saturated heterocycles. The zero-order valence-corrected chi connectivity index (χ0v) is 9.02. The van der Waals surface area contributed by atoms with Crippen molar-refractivity contribution < 1.29 is 13.2 Å². The highest BCUT2D eigenvalue weighted by atomic mass is 19.4. The van der Waals surface area contributed by atoms with Crippen molar-refractivity contribution in [1.82, 2.24) is 4.98 Å². The highest BCUT2D eigenvalue weighted by Crippen LogP contribution is 2.30. The lowest BCUT2D eigenvalue weighted by atomic mass is 9.90. The van der Waals surface area contributed by atoms with Crippen LogP contribution >= 0.6 is 0 Å². The van der Waals surface area contributed by atoms with Crippen LogP contribution in [0.4, 0.5) is 13.2 Å². The lowest BCUT2D eigenvalue weighted by Crippen LogP contribution is -2.12. The number of rotatable bonds is 1. The molecule has 0 atom stereocenters. The maximum absolute atomic E-state index is 12.4. The van der Waals surface area contributed by atoms with Crippen molar-refractivity contribution in [3.8, 4) is 0 Å². The summed E-state index contributed by atoms with van der Waals surface area (Å²) in [6, 6.07) is 2.11. The molecule has 84 valence electrons. The first-order valence-corrected chi connectivity index (χ1v) is 4.71. The summed E-state index contributed by atoms with van der Waals surface area (Å²) in [5.41, 5.74) is -0.203. The second kappa shape index (κ2) is 3.83. The van der Waals surface area contributed by atoms with Crippen LogP contribution in [0.15, 0.2) is 18.3 Å². The lowest BCUT2D eigenvalue weighted by Gasteiger charge is -2.18. The molecule has 0 N–H and O–H groups in total. The Bertz CT molecular complexity index is 336. The van der Waals surface area contributed by atoms with Crippen molar-refractivity contribution in [3.63, 3.8) is 0 Å². The van der Waals surface area contributed by atoms with Gasteiger partial charge in [0.15, 0.2) is 0 Å². The Kier molecular flexibility index (Phi) is 3.07. The zero-order valence-electron chi connectivity index (χ0n) is 9.02. The Morgan fingerprint density at radius 2 is 1.80 bits per heavy atom. The minimum absolute atomic E-state index is 0.0583. The molecule has 1 aromatic rings. The van der Waals surface area contributed by atoms with Gasteiger partial charge in [-0.15, -0.1) is 0 Å². The molecule has 4 heteroatoms. The average Bonchev–Trinajstić information content (AvgIpc) is 1.99. The minimum atomic E-state index is -4.28. The van der Waals surface area contributed by atoms with Crippen LogP contribution in [0.3, 0.4) is 0 Å². The summed E-state index contributed by atoms with van der Waals surface area (Å²) < 4.78 is 37.1. The lowest BCUT2D eigenvalue weighted by molar-refractivity contribution is -0.137. The summed E-state index contributed by atoms with van der Waals surface area (Å²) in [6.45, 7) is 5.90. The maximum atomic E-state index is 12.4. The first-order valence-electron chi connectivity index (χ1n) is 4.71. The molecule has 1 nitrogen and oxygen atoms in total. The molecule has 0 aliphatic heterocycles. The van der Waals surface area contributed by atoms with Crippen molar-refractivity contribution in [2.75, 3.05) is 0 Å². The largest absolute Gasteiger partial charge is 0.416 e. The van der Waals surface area contributed by atoms with E-state index < -0.39 is 11.7 Å². The van der Waals surface area contributed by atoms with Gasteiger partial charge in [0.1, 0.15) is 0 Å². The van der Waals surface area contributed by atoms with Gasteiger partial charge >= 0.3 is 6.18 Å². The summed E-state index contributed by atoms with van der Waals surface area (Å²) in [6.07, 6.45) is -2.53. The Hall–Kier alpha value is -1.06. The van der Waals surface area contributed by atoms with Crippen LogP contribution in [-0.2, 0) is 12.6 Å². The molecule has 0 spiro atoms. The van der Waals surface area contributed by atoms with Gasteiger partial charge in [0.2, 0.25) is 0 Å². The van der Waals surface area contributed by atoms with Crippen molar-refractivity contribution in [1.29, 1.82) is 0 Å². The summed E-state index contributed by atoms with van der Waals surface area (Å²) >= 11 is 0. The third-order valence-electron chi connectivity index (χ3n) is 1.86. The van der Waals surface area contributed by atoms with E-state index >= 15 is 0 Å². The quantitative estimate of drug-likeness (QED) is 0.699. The highest BCUT2D eigenvalue weighted by Gasteiger charge is 2.30. The maximum Gasteiger partial charge on any atom is 0.416 e. The monoisotopic (exact) mass is 217 g/mol. The van der Waals surface area contributed by atoms with E-state index in [0.29, 0.717) is 12.1 Å². The second-order valence-electron chi connectivity index (χ2n) is 4.77.